The molecule has 0 radical (unpaired) electrons. The third kappa shape index (κ3) is 4.93. The van der Waals surface area contributed by atoms with E-state index in [1.807, 2.05) is 23.5 Å². The van der Waals surface area contributed by atoms with E-state index in [1.165, 1.54) is 30.9 Å². The molecular formula is C52H32N2O2S. The molecule has 9 aromatic carbocycles. The molecule has 0 aliphatic carbocycles. The van der Waals surface area contributed by atoms with Crippen molar-refractivity contribution in [3.8, 4) is 0 Å². The second kappa shape index (κ2) is 12.6. The minimum Gasteiger partial charge on any atom is -0.456 e. The van der Waals surface area contributed by atoms with E-state index in [4.69, 9.17) is 8.83 Å². The molecule has 0 bridgehead atoms. The first-order chi connectivity index (χ1) is 28.3. The van der Waals surface area contributed by atoms with Crippen LogP contribution in [0, 0.1) is 0 Å². The van der Waals surface area contributed by atoms with E-state index >= 15 is 0 Å². The highest BCUT2D eigenvalue weighted by atomic mass is 32.1. The molecule has 0 saturated carbocycles. The second-order valence-electron chi connectivity index (χ2n) is 14.4. The van der Waals surface area contributed by atoms with Crippen LogP contribution in [0.5, 0.6) is 0 Å². The van der Waals surface area contributed by atoms with Gasteiger partial charge in [-0.3, -0.25) is 0 Å². The minimum atomic E-state index is 0.849. The molecule has 4 nitrogen and oxygen atoms in total. The Balaban J connectivity index is 1.24. The number of para-hydroxylation sites is 5. The van der Waals surface area contributed by atoms with Crippen molar-refractivity contribution in [2.24, 2.45) is 0 Å². The Kier molecular flexibility index (Phi) is 7.06. The number of thiophene rings is 1. The lowest BCUT2D eigenvalue weighted by atomic mass is 10.0. The van der Waals surface area contributed by atoms with Gasteiger partial charge in [0.1, 0.15) is 16.7 Å². The summed E-state index contributed by atoms with van der Waals surface area (Å²) in [5.41, 5.74) is 9.66. The lowest BCUT2D eigenvalue weighted by molar-refractivity contribution is 0.668. The van der Waals surface area contributed by atoms with E-state index in [0.29, 0.717) is 0 Å². The predicted molar refractivity (Wildman–Crippen MR) is 241 cm³/mol. The number of fused-ring (bicyclic) bond motifs is 11. The van der Waals surface area contributed by atoms with Gasteiger partial charge >= 0.3 is 0 Å². The lowest BCUT2D eigenvalue weighted by Crippen LogP contribution is -2.14. The van der Waals surface area contributed by atoms with Crippen LogP contribution in [0.4, 0.5) is 34.1 Å². The fourth-order valence-electron chi connectivity index (χ4n) is 8.75. The molecule has 3 aromatic heterocycles. The van der Waals surface area contributed by atoms with E-state index < -0.39 is 0 Å². The molecule has 0 N–H and O–H groups in total. The monoisotopic (exact) mass is 748 g/mol. The smallest absolute Gasteiger partial charge is 0.159 e. The van der Waals surface area contributed by atoms with Crippen LogP contribution < -0.4 is 9.80 Å². The van der Waals surface area contributed by atoms with Crippen LogP contribution in [0.25, 0.3) is 74.8 Å². The number of rotatable bonds is 6. The van der Waals surface area contributed by atoms with E-state index in [9.17, 15) is 0 Å². The Hall–Kier alpha value is -7.34. The average molecular weight is 749 g/mol. The molecule has 268 valence electrons. The first-order valence-electron chi connectivity index (χ1n) is 19.2. The van der Waals surface area contributed by atoms with Crippen LogP contribution in [0.15, 0.2) is 203 Å². The van der Waals surface area contributed by atoms with Crippen molar-refractivity contribution in [3.63, 3.8) is 0 Å². The number of furan rings is 2. The maximum Gasteiger partial charge on any atom is 0.159 e. The fourth-order valence-corrected chi connectivity index (χ4v) is 9.95. The molecule has 0 saturated heterocycles. The lowest BCUT2D eigenvalue weighted by Gasteiger charge is -2.30. The van der Waals surface area contributed by atoms with Gasteiger partial charge in [0.05, 0.1) is 27.1 Å². The van der Waals surface area contributed by atoms with E-state index in [-0.39, 0.29) is 0 Å². The van der Waals surface area contributed by atoms with Crippen molar-refractivity contribution in [2.75, 3.05) is 9.80 Å². The zero-order valence-corrected chi connectivity index (χ0v) is 31.4. The average Bonchev–Trinajstić information content (AvgIpc) is 3.97. The summed E-state index contributed by atoms with van der Waals surface area (Å²) in [4.78, 5) is 4.79. The SMILES string of the molecule is c1ccc(N(c2cccc3c2oc2ccccc23)c2cc(N(c3ccccc3)c3cccc4oc5ccccc5c34)cc3c2sc2ccc4ccccc4c23)cc1. The molecule has 0 unspecified atom stereocenters. The zero-order chi connectivity index (χ0) is 37.5. The third-order valence-electron chi connectivity index (χ3n) is 11.2. The first-order valence-corrected chi connectivity index (χ1v) is 20.0. The van der Waals surface area contributed by atoms with Crippen LogP contribution in [-0.4, -0.2) is 0 Å². The highest BCUT2D eigenvalue weighted by Crippen LogP contribution is 2.52. The molecular weight excluding hydrogens is 717 g/mol. The van der Waals surface area contributed by atoms with E-state index in [1.54, 1.807) is 0 Å². The van der Waals surface area contributed by atoms with Gasteiger partial charge in [0.15, 0.2) is 5.58 Å². The molecule has 0 amide bonds. The summed E-state index contributed by atoms with van der Waals surface area (Å²) < 4.78 is 15.7. The second-order valence-corrected chi connectivity index (χ2v) is 15.5. The zero-order valence-electron chi connectivity index (χ0n) is 30.6. The summed E-state index contributed by atoms with van der Waals surface area (Å²) in [5.74, 6) is 0. The van der Waals surface area contributed by atoms with Gasteiger partial charge in [0.25, 0.3) is 0 Å². The highest BCUT2D eigenvalue weighted by Gasteiger charge is 2.26. The molecule has 12 rings (SSSR count). The number of hydrogen-bond donors (Lipinski definition) is 0. The topological polar surface area (TPSA) is 32.8 Å². The Morgan fingerprint density at radius 3 is 1.77 bits per heavy atom. The van der Waals surface area contributed by atoms with Gasteiger partial charge < -0.3 is 18.6 Å². The normalized spacial score (nSPS) is 11.9. The van der Waals surface area contributed by atoms with Crippen LogP contribution in [0.1, 0.15) is 0 Å². The van der Waals surface area contributed by atoms with Crippen LogP contribution in [0.3, 0.4) is 0 Å². The first kappa shape index (κ1) is 32.0. The highest BCUT2D eigenvalue weighted by molar-refractivity contribution is 7.26. The van der Waals surface area contributed by atoms with Gasteiger partial charge in [-0.15, -0.1) is 11.3 Å². The van der Waals surface area contributed by atoms with Crippen molar-refractivity contribution >= 4 is 120 Å². The Morgan fingerprint density at radius 2 is 0.965 bits per heavy atom. The summed E-state index contributed by atoms with van der Waals surface area (Å²) in [6.45, 7) is 0. The number of benzene rings is 9. The van der Waals surface area contributed by atoms with Crippen LogP contribution >= 0.6 is 11.3 Å². The van der Waals surface area contributed by atoms with Crippen molar-refractivity contribution < 1.29 is 8.83 Å². The van der Waals surface area contributed by atoms with Crippen molar-refractivity contribution in [1.29, 1.82) is 0 Å². The molecule has 0 atom stereocenters. The maximum absolute atomic E-state index is 6.77. The van der Waals surface area contributed by atoms with Gasteiger partial charge in [0.2, 0.25) is 0 Å². The van der Waals surface area contributed by atoms with Gasteiger partial charge in [0, 0.05) is 48.7 Å². The standard InChI is InChI=1S/C52H32N2O2S/c1-3-16-34(17-4-1)53(42-24-14-28-47-50(42)40-22-10-12-27-46(40)55-47)36-31-41-49-37-20-8-7-15-33(37)29-30-48(49)57-52(41)44(32-36)54(35-18-5-2-6-19-35)43-25-13-23-39-38-21-9-11-26-45(38)56-51(39)43/h1-32H. The molecule has 5 heteroatoms. The molecule has 0 aliphatic rings. The third-order valence-corrected chi connectivity index (χ3v) is 12.4. The van der Waals surface area contributed by atoms with Crippen molar-refractivity contribution in [1.82, 2.24) is 0 Å². The minimum absolute atomic E-state index is 0.849. The largest absolute Gasteiger partial charge is 0.456 e. The van der Waals surface area contributed by atoms with E-state index in [2.05, 4.69) is 192 Å². The number of hydrogen-bond acceptors (Lipinski definition) is 5. The summed E-state index contributed by atoms with van der Waals surface area (Å²) in [6.07, 6.45) is 0. The van der Waals surface area contributed by atoms with Crippen LogP contribution in [0.2, 0.25) is 0 Å². The fraction of sp³-hybridized carbons (Fsp3) is 0. The molecule has 57 heavy (non-hydrogen) atoms. The molecule has 0 fully saturated rings. The summed E-state index contributed by atoms with van der Waals surface area (Å²) in [5, 5.41) is 9.26. The van der Waals surface area contributed by atoms with Gasteiger partial charge in [-0.25, -0.2) is 0 Å². The van der Waals surface area contributed by atoms with Crippen molar-refractivity contribution in [2.45, 2.75) is 0 Å². The Bertz CT molecular complexity index is 3490. The molecule has 0 aliphatic heterocycles. The molecule has 12 aromatic rings. The number of anilines is 6. The summed E-state index contributed by atoms with van der Waals surface area (Å²) in [7, 11) is 0. The van der Waals surface area contributed by atoms with Crippen LogP contribution in [-0.2, 0) is 0 Å². The maximum atomic E-state index is 6.77. The summed E-state index contributed by atoms with van der Waals surface area (Å²) in [6, 6.07) is 68.9. The molecule has 3 heterocycles. The van der Waals surface area contributed by atoms with Gasteiger partial charge in [-0.05, 0) is 83.6 Å². The quantitative estimate of drug-likeness (QED) is 0.170. The predicted octanol–water partition coefficient (Wildman–Crippen LogP) is 15.9. The molecule has 0 spiro atoms. The van der Waals surface area contributed by atoms with Crippen molar-refractivity contribution in [3.05, 3.63) is 194 Å². The summed E-state index contributed by atoms with van der Waals surface area (Å²) >= 11 is 1.84. The van der Waals surface area contributed by atoms with Gasteiger partial charge in [-0.1, -0.05) is 121 Å². The van der Waals surface area contributed by atoms with E-state index in [0.717, 1.165) is 78.0 Å². The van der Waals surface area contributed by atoms with Gasteiger partial charge in [-0.2, -0.15) is 0 Å². The number of nitrogens with zero attached hydrogens (tertiary/aromatic N) is 2. The Morgan fingerprint density at radius 1 is 0.351 bits per heavy atom. The Labute approximate surface area is 331 Å².